The summed E-state index contributed by atoms with van der Waals surface area (Å²) in [6.07, 6.45) is 0.707. The Morgan fingerprint density at radius 2 is 1.86 bits per heavy atom. The SMILES string of the molecule is O=C(CCO[C@H]1C[C@@H](C(=O)Nc2cccc3cccnc23)N(C(=O)OCc2ccccc2)C1)NO. The number of hydrogen-bond donors (Lipinski definition) is 3. The van der Waals surface area contributed by atoms with Crippen LogP contribution in [0.15, 0.2) is 66.9 Å². The first-order valence-corrected chi connectivity index (χ1v) is 11.2. The van der Waals surface area contributed by atoms with Gasteiger partial charge in [-0.2, -0.15) is 0 Å². The number of likely N-dealkylation sites (tertiary alicyclic amines) is 1. The predicted octanol–water partition coefficient (Wildman–Crippen LogP) is 2.87. The van der Waals surface area contributed by atoms with Gasteiger partial charge in [-0.15, -0.1) is 0 Å². The van der Waals surface area contributed by atoms with Gasteiger partial charge in [-0.1, -0.05) is 48.5 Å². The summed E-state index contributed by atoms with van der Waals surface area (Å²) < 4.78 is 11.2. The quantitative estimate of drug-likeness (QED) is 0.335. The molecule has 4 rings (SSSR count). The molecule has 2 aromatic carbocycles. The fraction of sp³-hybridized carbons (Fsp3) is 0.280. The van der Waals surface area contributed by atoms with Crippen LogP contribution in [0.3, 0.4) is 0 Å². The molecule has 3 aromatic rings. The van der Waals surface area contributed by atoms with Crippen molar-refractivity contribution >= 4 is 34.5 Å². The number of aromatic nitrogens is 1. The molecule has 10 nitrogen and oxygen atoms in total. The highest BCUT2D eigenvalue weighted by Crippen LogP contribution is 2.26. The number of nitrogens with one attached hydrogen (secondary N) is 2. The molecule has 0 saturated carbocycles. The Morgan fingerprint density at radius 3 is 2.66 bits per heavy atom. The number of carbonyl (C=O) groups is 3. The van der Waals surface area contributed by atoms with E-state index in [1.807, 2.05) is 54.6 Å². The highest BCUT2D eigenvalue weighted by Gasteiger charge is 2.41. The Hall–Kier alpha value is -4.02. The maximum Gasteiger partial charge on any atom is 0.410 e. The monoisotopic (exact) mass is 478 g/mol. The average molecular weight is 479 g/mol. The van der Waals surface area contributed by atoms with Gasteiger partial charge in [0.1, 0.15) is 12.6 Å². The molecule has 35 heavy (non-hydrogen) atoms. The smallest absolute Gasteiger partial charge is 0.410 e. The number of nitrogens with zero attached hydrogens (tertiary/aromatic N) is 2. The second kappa shape index (κ2) is 11.4. The number of ether oxygens (including phenoxy) is 2. The zero-order valence-corrected chi connectivity index (χ0v) is 18.9. The summed E-state index contributed by atoms with van der Waals surface area (Å²) in [4.78, 5) is 43.2. The van der Waals surface area contributed by atoms with E-state index in [9.17, 15) is 14.4 Å². The molecule has 182 valence electrons. The van der Waals surface area contributed by atoms with Crippen molar-refractivity contribution in [1.29, 1.82) is 0 Å². The number of anilines is 1. The van der Waals surface area contributed by atoms with Crippen LogP contribution in [0.2, 0.25) is 0 Å². The van der Waals surface area contributed by atoms with E-state index in [2.05, 4.69) is 10.3 Å². The van der Waals surface area contributed by atoms with Crippen molar-refractivity contribution in [2.45, 2.75) is 31.6 Å². The maximum absolute atomic E-state index is 13.3. The van der Waals surface area contributed by atoms with Crippen LogP contribution in [-0.2, 0) is 25.7 Å². The van der Waals surface area contributed by atoms with E-state index in [1.165, 1.54) is 4.90 Å². The Labute approximate surface area is 201 Å². The number of para-hydroxylation sites is 1. The topological polar surface area (TPSA) is 130 Å². The lowest BCUT2D eigenvalue weighted by atomic mass is 10.1. The molecule has 3 amide bonds. The fourth-order valence-corrected chi connectivity index (χ4v) is 3.97. The summed E-state index contributed by atoms with van der Waals surface area (Å²) in [5, 5.41) is 12.4. The van der Waals surface area contributed by atoms with E-state index in [-0.39, 0.29) is 38.5 Å². The fourth-order valence-electron chi connectivity index (χ4n) is 3.97. The van der Waals surface area contributed by atoms with E-state index in [0.717, 1.165) is 10.9 Å². The average Bonchev–Trinajstić information content (AvgIpc) is 3.32. The Balaban J connectivity index is 1.46. The summed E-state index contributed by atoms with van der Waals surface area (Å²) in [6.45, 7) is 0.228. The molecule has 2 atom stereocenters. The van der Waals surface area contributed by atoms with Crippen LogP contribution in [0.25, 0.3) is 10.9 Å². The van der Waals surface area contributed by atoms with Gasteiger partial charge in [-0.3, -0.25) is 24.7 Å². The molecule has 1 aliphatic rings. The molecule has 1 fully saturated rings. The molecule has 0 spiro atoms. The minimum absolute atomic E-state index is 0.0333. The molecule has 0 aliphatic carbocycles. The van der Waals surface area contributed by atoms with Gasteiger partial charge < -0.3 is 14.8 Å². The molecule has 1 saturated heterocycles. The highest BCUT2D eigenvalue weighted by atomic mass is 16.6. The summed E-state index contributed by atoms with van der Waals surface area (Å²) in [6, 6.07) is 17.6. The van der Waals surface area contributed by atoms with Crippen LogP contribution in [0.4, 0.5) is 10.5 Å². The molecule has 0 bridgehead atoms. The normalized spacial score (nSPS) is 17.2. The van der Waals surface area contributed by atoms with Gasteiger partial charge in [0.15, 0.2) is 0 Å². The first-order valence-electron chi connectivity index (χ1n) is 11.2. The third-order valence-electron chi connectivity index (χ3n) is 5.70. The summed E-state index contributed by atoms with van der Waals surface area (Å²) in [7, 11) is 0. The van der Waals surface area contributed by atoms with Crippen LogP contribution in [-0.4, -0.2) is 58.3 Å². The summed E-state index contributed by atoms with van der Waals surface area (Å²) in [5.41, 5.74) is 3.55. The first kappa shape index (κ1) is 24.1. The van der Waals surface area contributed by atoms with E-state index in [4.69, 9.17) is 14.7 Å². The van der Waals surface area contributed by atoms with Crippen molar-refractivity contribution in [3.63, 3.8) is 0 Å². The molecular formula is C25H26N4O6. The minimum atomic E-state index is -0.839. The molecule has 3 N–H and O–H groups in total. The van der Waals surface area contributed by atoms with Gasteiger partial charge in [0.25, 0.3) is 0 Å². The molecule has 1 aliphatic heterocycles. The molecule has 1 aromatic heterocycles. The van der Waals surface area contributed by atoms with E-state index in [1.54, 1.807) is 17.7 Å². The number of hydrogen-bond acceptors (Lipinski definition) is 7. The summed E-state index contributed by atoms with van der Waals surface area (Å²) in [5.74, 6) is -0.973. The standard InChI is InChI=1S/C25H26N4O6/c30-22(28-33)11-13-34-19-14-21(29(15-19)25(32)35-16-17-6-2-1-3-7-17)24(31)27-20-10-4-8-18-9-5-12-26-23(18)20/h1-10,12,19,21,33H,11,13-16H2,(H,27,31)(H,28,30)/t19-,21-/m0/s1. The van der Waals surface area contributed by atoms with E-state index in [0.29, 0.717) is 11.2 Å². The number of rotatable bonds is 8. The van der Waals surface area contributed by atoms with Gasteiger partial charge in [-0.25, -0.2) is 10.3 Å². The van der Waals surface area contributed by atoms with E-state index < -0.39 is 24.1 Å². The van der Waals surface area contributed by atoms with Crippen LogP contribution < -0.4 is 10.8 Å². The van der Waals surface area contributed by atoms with Crippen molar-refractivity contribution in [2.75, 3.05) is 18.5 Å². The third-order valence-corrected chi connectivity index (χ3v) is 5.70. The maximum atomic E-state index is 13.3. The van der Waals surface area contributed by atoms with Crippen molar-refractivity contribution < 1.29 is 29.1 Å². The lowest BCUT2D eigenvalue weighted by Gasteiger charge is -2.23. The number of fused-ring (bicyclic) bond motifs is 1. The zero-order valence-electron chi connectivity index (χ0n) is 18.9. The molecule has 2 heterocycles. The number of benzene rings is 2. The molecule has 0 radical (unpaired) electrons. The molecule has 10 heteroatoms. The lowest BCUT2D eigenvalue weighted by Crippen LogP contribution is -2.43. The van der Waals surface area contributed by atoms with Gasteiger partial charge in [0.05, 0.1) is 36.9 Å². The number of amides is 3. The van der Waals surface area contributed by atoms with Crippen LogP contribution >= 0.6 is 0 Å². The zero-order chi connectivity index (χ0) is 24.6. The first-order chi connectivity index (χ1) is 17.0. The van der Waals surface area contributed by atoms with E-state index >= 15 is 0 Å². The van der Waals surface area contributed by atoms with Gasteiger partial charge in [0, 0.05) is 18.0 Å². The Morgan fingerprint density at radius 1 is 1.06 bits per heavy atom. The second-order valence-electron chi connectivity index (χ2n) is 8.09. The van der Waals surface area contributed by atoms with Crippen molar-refractivity contribution in [3.8, 4) is 0 Å². The third kappa shape index (κ3) is 6.11. The number of pyridine rings is 1. The Kier molecular flexibility index (Phi) is 7.86. The minimum Gasteiger partial charge on any atom is -0.445 e. The predicted molar refractivity (Wildman–Crippen MR) is 126 cm³/mol. The van der Waals surface area contributed by atoms with Crippen LogP contribution in [0, 0.1) is 0 Å². The number of carbonyl (C=O) groups excluding carboxylic acids is 3. The van der Waals surface area contributed by atoms with Gasteiger partial charge in [-0.05, 0) is 17.7 Å². The van der Waals surface area contributed by atoms with Gasteiger partial charge in [0.2, 0.25) is 11.8 Å². The summed E-state index contributed by atoms with van der Waals surface area (Å²) >= 11 is 0. The van der Waals surface area contributed by atoms with Crippen molar-refractivity contribution in [1.82, 2.24) is 15.4 Å². The van der Waals surface area contributed by atoms with Crippen molar-refractivity contribution in [2.24, 2.45) is 0 Å². The molecule has 0 unspecified atom stereocenters. The Bertz CT molecular complexity index is 1180. The lowest BCUT2D eigenvalue weighted by molar-refractivity contribution is -0.130. The van der Waals surface area contributed by atoms with Crippen molar-refractivity contribution in [3.05, 3.63) is 72.4 Å². The number of hydroxylamine groups is 1. The molecular weight excluding hydrogens is 452 g/mol. The largest absolute Gasteiger partial charge is 0.445 e. The second-order valence-corrected chi connectivity index (χ2v) is 8.09. The van der Waals surface area contributed by atoms with Crippen LogP contribution in [0.1, 0.15) is 18.4 Å². The highest BCUT2D eigenvalue weighted by molar-refractivity contribution is 6.03. The van der Waals surface area contributed by atoms with Gasteiger partial charge >= 0.3 is 6.09 Å². The van der Waals surface area contributed by atoms with Crippen LogP contribution in [0.5, 0.6) is 0 Å².